The van der Waals surface area contributed by atoms with Gasteiger partial charge in [-0.1, -0.05) is 34.9 Å². The fourth-order valence-electron chi connectivity index (χ4n) is 3.15. The number of Topliss-reactive ketones (excluding diaryl/α,β-unsaturated/α-hetero) is 1. The Labute approximate surface area is 155 Å². The van der Waals surface area contributed by atoms with Crippen molar-refractivity contribution >= 4 is 5.78 Å². The number of carbonyl (C=O) groups is 1. The molecule has 0 N–H and O–H groups in total. The van der Waals surface area contributed by atoms with E-state index in [-0.39, 0.29) is 11.4 Å². The van der Waals surface area contributed by atoms with Gasteiger partial charge in [0.25, 0.3) is 0 Å². The van der Waals surface area contributed by atoms with E-state index in [2.05, 4.69) is 52.8 Å². The number of hydrogen-bond acceptors (Lipinski definition) is 2. The summed E-state index contributed by atoms with van der Waals surface area (Å²) in [7, 11) is 0. The second kappa shape index (κ2) is 10.8. The summed E-state index contributed by atoms with van der Waals surface area (Å²) in [5.74, 6) is 0.270. The molecule has 0 aromatic heterocycles. The van der Waals surface area contributed by atoms with Gasteiger partial charge in [0.15, 0.2) is 0 Å². The third kappa shape index (κ3) is 9.79. The highest BCUT2D eigenvalue weighted by Gasteiger charge is 2.50. The van der Waals surface area contributed by atoms with Crippen LogP contribution in [-0.2, 0) is 9.53 Å². The van der Waals surface area contributed by atoms with E-state index in [4.69, 9.17) is 4.74 Å². The molecule has 0 amide bonds. The number of allylic oxidation sites excluding steroid dienone is 6. The molecule has 1 aliphatic rings. The van der Waals surface area contributed by atoms with E-state index >= 15 is 0 Å². The molecule has 0 aliphatic carbocycles. The Kier molecular flexibility index (Phi) is 9.42. The average Bonchev–Trinajstić information content (AvgIpc) is 3.15. The summed E-state index contributed by atoms with van der Waals surface area (Å²) >= 11 is 0. The first-order valence-corrected chi connectivity index (χ1v) is 9.85. The minimum absolute atomic E-state index is 0.0797. The predicted molar refractivity (Wildman–Crippen MR) is 108 cm³/mol. The first-order valence-electron chi connectivity index (χ1n) is 9.85. The van der Waals surface area contributed by atoms with Gasteiger partial charge >= 0.3 is 0 Å². The Morgan fingerprint density at radius 1 is 0.880 bits per heavy atom. The first kappa shape index (κ1) is 21.9. The van der Waals surface area contributed by atoms with Gasteiger partial charge in [0.05, 0.1) is 11.7 Å². The largest absolute Gasteiger partial charge is 0.366 e. The van der Waals surface area contributed by atoms with Crippen LogP contribution in [0.3, 0.4) is 0 Å². The van der Waals surface area contributed by atoms with Crippen LogP contribution in [0.25, 0.3) is 0 Å². The summed E-state index contributed by atoms with van der Waals surface area (Å²) in [5, 5.41) is 0. The minimum Gasteiger partial charge on any atom is -0.366 e. The molecule has 1 aliphatic heterocycles. The predicted octanol–water partition coefficient (Wildman–Crippen LogP) is 6.71. The van der Waals surface area contributed by atoms with Crippen LogP contribution in [0.2, 0.25) is 0 Å². The SMILES string of the molecule is CC(=O)CCC=C(C)CCC1OC1(C)CCC=C(C)CCC=C(C)C. The Bertz CT molecular complexity index is 520. The normalized spacial score (nSPS) is 23.5. The highest BCUT2D eigenvalue weighted by atomic mass is 16.6. The molecule has 142 valence electrons. The topological polar surface area (TPSA) is 29.6 Å². The van der Waals surface area contributed by atoms with Crippen LogP contribution in [0, 0.1) is 0 Å². The van der Waals surface area contributed by atoms with Gasteiger partial charge in [-0.3, -0.25) is 0 Å². The van der Waals surface area contributed by atoms with Crippen molar-refractivity contribution in [2.24, 2.45) is 0 Å². The van der Waals surface area contributed by atoms with E-state index in [1.807, 2.05) is 0 Å². The summed E-state index contributed by atoms with van der Waals surface area (Å²) in [6.07, 6.45) is 15.6. The van der Waals surface area contributed by atoms with Crippen LogP contribution in [-0.4, -0.2) is 17.5 Å². The Morgan fingerprint density at radius 2 is 1.48 bits per heavy atom. The van der Waals surface area contributed by atoms with Crippen molar-refractivity contribution in [3.63, 3.8) is 0 Å². The second-order valence-electron chi connectivity index (χ2n) is 8.16. The smallest absolute Gasteiger partial charge is 0.130 e. The van der Waals surface area contributed by atoms with Gasteiger partial charge in [0.2, 0.25) is 0 Å². The standard InChI is InChI=1S/C23H38O2/c1-18(2)10-7-11-19(3)13-9-17-23(6)22(25-23)16-15-20(4)12-8-14-21(5)24/h10,12-13,22H,7-9,11,14-17H2,1-6H3. The average molecular weight is 347 g/mol. The molecule has 25 heavy (non-hydrogen) atoms. The monoisotopic (exact) mass is 346 g/mol. The van der Waals surface area contributed by atoms with Crippen molar-refractivity contribution < 1.29 is 9.53 Å². The number of ether oxygens (including phenoxy) is 1. The van der Waals surface area contributed by atoms with Crippen LogP contribution in [0.5, 0.6) is 0 Å². The fourth-order valence-corrected chi connectivity index (χ4v) is 3.15. The van der Waals surface area contributed by atoms with Crippen molar-refractivity contribution in [3.8, 4) is 0 Å². The number of ketones is 1. The molecule has 0 aromatic rings. The molecule has 1 heterocycles. The van der Waals surface area contributed by atoms with E-state index in [1.165, 1.54) is 16.7 Å². The highest BCUT2D eigenvalue weighted by Crippen LogP contribution is 2.43. The van der Waals surface area contributed by atoms with Crippen LogP contribution in [0.1, 0.15) is 92.9 Å². The Hall–Kier alpha value is -1.15. The molecule has 1 saturated heterocycles. The third-order valence-electron chi connectivity index (χ3n) is 5.05. The summed E-state index contributed by atoms with van der Waals surface area (Å²) in [6, 6.07) is 0. The zero-order chi connectivity index (χ0) is 18.9. The molecule has 1 rings (SSSR count). The number of carbonyl (C=O) groups excluding carboxylic acids is 1. The molecule has 0 saturated carbocycles. The molecular formula is C23H38O2. The summed E-state index contributed by atoms with van der Waals surface area (Å²) in [6.45, 7) is 12.6. The van der Waals surface area contributed by atoms with Crippen molar-refractivity contribution in [3.05, 3.63) is 34.9 Å². The first-order chi connectivity index (χ1) is 11.7. The maximum absolute atomic E-state index is 11.0. The quantitative estimate of drug-likeness (QED) is 0.290. The molecule has 1 fully saturated rings. The van der Waals surface area contributed by atoms with Gasteiger partial charge in [-0.15, -0.1) is 0 Å². The van der Waals surface area contributed by atoms with Gasteiger partial charge in [-0.2, -0.15) is 0 Å². The van der Waals surface area contributed by atoms with Gasteiger partial charge in [0.1, 0.15) is 5.78 Å². The maximum atomic E-state index is 11.0. The molecule has 2 unspecified atom stereocenters. The third-order valence-corrected chi connectivity index (χ3v) is 5.05. The lowest BCUT2D eigenvalue weighted by Crippen LogP contribution is -2.09. The lowest BCUT2D eigenvalue weighted by atomic mass is 9.96. The van der Waals surface area contributed by atoms with E-state index in [0.29, 0.717) is 12.5 Å². The number of epoxide rings is 1. The molecule has 2 heteroatoms. The Morgan fingerprint density at radius 3 is 2.12 bits per heavy atom. The van der Waals surface area contributed by atoms with E-state index in [1.54, 1.807) is 6.92 Å². The molecule has 2 nitrogen and oxygen atoms in total. The van der Waals surface area contributed by atoms with Crippen LogP contribution < -0.4 is 0 Å². The number of rotatable bonds is 12. The lowest BCUT2D eigenvalue weighted by Gasteiger charge is -2.06. The van der Waals surface area contributed by atoms with Gasteiger partial charge < -0.3 is 9.53 Å². The maximum Gasteiger partial charge on any atom is 0.130 e. The van der Waals surface area contributed by atoms with Crippen molar-refractivity contribution in [2.45, 2.75) is 105 Å². The molecule has 0 bridgehead atoms. The lowest BCUT2D eigenvalue weighted by molar-refractivity contribution is -0.116. The number of hydrogen-bond donors (Lipinski definition) is 0. The second-order valence-corrected chi connectivity index (χ2v) is 8.16. The van der Waals surface area contributed by atoms with Crippen LogP contribution in [0.15, 0.2) is 34.9 Å². The summed E-state index contributed by atoms with van der Waals surface area (Å²) < 4.78 is 5.97. The molecule has 0 radical (unpaired) electrons. The minimum atomic E-state index is 0.0797. The summed E-state index contributed by atoms with van der Waals surface area (Å²) in [5.41, 5.74) is 4.35. The zero-order valence-corrected chi connectivity index (χ0v) is 17.3. The van der Waals surface area contributed by atoms with E-state index in [9.17, 15) is 4.79 Å². The molecule has 0 spiro atoms. The van der Waals surface area contributed by atoms with E-state index in [0.717, 1.165) is 44.9 Å². The van der Waals surface area contributed by atoms with Crippen LogP contribution in [0.4, 0.5) is 0 Å². The zero-order valence-electron chi connectivity index (χ0n) is 17.3. The van der Waals surface area contributed by atoms with Crippen molar-refractivity contribution in [1.82, 2.24) is 0 Å². The molecule has 0 aromatic carbocycles. The fraction of sp³-hybridized carbons (Fsp3) is 0.696. The van der Waals surface area contributed by atoms with Gasteiger partial charge in [0, 0.05) is 6.42 Å². The highest BCUT2D eigenvalue weighted by molar-refractivity contribution is 5.75. The molecular weight excluding hydrogens is 308 g/mol. The van der Waals surface area contributed by atoms with Crippen molar-refractivity contribution in [2.75, 3.05) is 0 Å². The van der Waals surface area contributed by atoms with Gasteiger partial charge in [-0.05, 0) is 86.5 Å². The molecule has 2 atom stereocenters. The summed E-state index contributed by atoms with van der Waals surface area (Å²) in [4.78, 5) is 11.0. The van der Waals surface area contributed by atoms with E-state index < -0.39 is 0 Å². The van der Waals surface area contributed by atoms with Crippen molar-refractivity contribution in [1.29, 1.82) is 0 Å². The van der Waals surface area contributed by atoms with Gasteiger partial charge in [-0.25, -0.2) is 0 Å². The Balaban J connectivity index is 2.22. The van der Waals surface area contributed by atoms with Crippen LogP contribution >= 0.6 is 0 Å².